The van der Waals surface area contributed by atoms with Crippen molar-refractivity contribution in [3.8, 4) is 11.5 Å². The van der Waals surface area contributed by atoms with E-state index in [-0.39, 0.29) is 22.4 Å². The highest BCUT2D eigenvalue weighted by molar-refractivity contribution is 7.13. The highest BCUT2D eigenvalue weighted by atomic mass is 35.5. The van der Waals surface area contributed by atoms with E-state index in [9.17, 15) is 14.8 Å². The van der Waals surface area contributed by atoms with E-state index in [4.69, 9.17) is 42.1 Å². The maximum Gasteiger partial charge on any atom is 0.348 e. The number of aromatic nitrogens is 1. The molecule has 1 N–H and O–H groups in total. The Hall–Kier alpha value is -3.87. The Labute approximate surface area is 293 Å². The largest absolute Gasteiger partial charge is 0.619 e. The highest BCUT2D eigenvalue weighted by Crippen LogP contribution is 2.36. The second-order valence-corrected chi connectivity index (χ2v) is 13.5. The quantitative estimate of drug-likeness (QED) is 0.0931. The Kier molecular flexibility index (Phi) is 12.2. The topological polar surface area (TPSA) is 113 Å². The monoisotopic (exact) mass is 713 g/mol. The van der Waals surface area contributed by atoms with Crippen molar-refractivity contribution in [2.45, 2.75) is 31.5 Å². The van der Waals surface area contributed by atoms with E-state index >= 15 is 0 Å². The number of methoxy groups -OCH3 is 2. The standard InChI is InChI=1S/C35H37Cl2N3O7S/c1-39-14-13-22(18-39)21-46-35(42)33(23-7-5-4-6-8-23)38-17-25-10-12-32(48-25)34(41)47-30(16-26-27(36)19-40(43)20-28(26)37)24-9-11-29(44-2)31(15-24)45-3/h4-12,15,19-20,22,30,33,38H,13-14,16-18,21H2,1-3H3/t22-,30?,33?/m1/s1. The summed E-state index contributed by atoms with van der Waals surface area (Å²) >= 11 is 14.0. The number of hydrogen-bond acceptors (Lipinski definition) is 10. The van der Waals surface area contributed by atoms with Crippen LogP contribution in [0.4, 0.5) is 0 Å². The molecule has 0 spiro atoms. The Morgan fingerprint density at radius 2 is 1.75 bits per heavy atom. The van der Waals surface area contributed by atoms with Crippen molar-refractivity contribution >= 4 is 46.5 Å². The average Bonchev–Trinajstić information content (AvgIpc) is 3.74. The zero-order valence-corrected chi connectivity index (χ0v) is 29.1. The fourth-order valence-electron chi connectivity index (χ4n) is 5.59. The van der Waals surface area contributed by atoms with Crippen molar-refractivity contribution < 1.29 is 33.3 Å². The fourth-order valence-corrected chi connectivity index (χ4v) is 7.03. The lowest BCUT2D eigenvalue weighted by atomic mass is 10.0. The molecular formula is C35H37Cl2N3O7S. The molecule has 1 fully saturated rings. The van der Waals surface area contributed by atoms with Crippen molar-refractivity contribution in [3.05, 3.63) is 115 Å². The Bertz CT molecular complexity index is 1700. The summed E-state index contributed by atoms with van der Waals surface area (Å²) in [7, 11) is 5.11. The van der Waals surface area contributed by atoms with E-state index in [0.29, 0.717) is 51.3 Å². The van der Waals surface area contributed by atoms with Crippen LogP contribution in [0.3, 0.4) is 0 Å². The van der Waals surface area contributed by atoms with Crippen LogP contribution in [0.15, 0.2) is 73.1 Å². The van der Waals surface area contributed by atoms with Crippen molar-refractivity contribution in [2.75, 3.05) is 41.0 Å². The zero-order chi connectivity index (χ0) is 34.2. The van der Waals surface area contributed by atoms with Crippen molar-refractivity contribution in [1.82, 2.24) is 10.2 Å². The normalized spacial score (nSPS) is 15.9. The number of nitrogens with zero attached hydrogens (tertiary/aromatic N) is 2. The second-order valence-electron chi connectivity index (χ2n) is 11.5. The molecule has 4 aromatic rings. The van der Waals surface area contributed by atoms with Crippen LogP contribution in [-0.4, -0.2) is 57.8 Å². The third-order valence-corrected chi connectivity index (χ3v) is 9.85. The number of ether oxygens (including phenoxy) is 4. The summed E-state index contributed by atoms with van der Waals surface area (Å²) in [5.41, 5.74) is 1.85. The lowest BCUT2D eigenvalue weighted by molar-refractivity contribution is -0.605. The van der Waals surface area contributed by atoms with Crippen molar-refractivity contribution in [3.63, 3.8) is 0 Å². The molecule has 0 bridgehead atoms. The van der Waals surface area contributed by atoms with Gasteiger partial charge in [-0.1, -0.05) is 59.6 Å². The Morgan fingerprint density at radius 1 is 1.02 bits per heavy atom. The maximum absolute atomic E-state index is 13.5. The van der Waals surface area contributed by atoms with Gasteiger partial charge in [-0.25, -0.2) is 9.59 Å². The van der Waals surface area contributed by atoms with Gasteiger partial charge in [0.1, 0.15) is 27.1 Å². The molecule has 48 heavy (non-hydrogen) atoms. The Balaban J connectivity index is 1.30. The molecule has 0 aliphatic carbocycles. The van der Waals surface area contributed by atoms with Gasteiger partial charge in [-0.15, -0.1) is 11.3 Å². The number of halogens is 2. The van der Waals surface area contributed by atoms with Crippen LogP contribution in [0.1, 0.15) is 49.8 Å². The molecule has 0 radical (unpaired) electrons. The summed E-state index contributed by atoms with van der Waals surface area (Å²) in [4.78, 5) is 30.2. The van der Waals surface area contributed by atoms with Gasteiger partial charge < -0.3 is 29.1 Å². The molecule has 13 heteroatoms. The van der Waals surface area contributed by atoms with Gasteiger partial charge >= 0.3 is 11.9 Å². The van der Waals surface area contributed by atoms with Crippen LogP contribution in [0.2, 0.25) is 10.0 Å². The summed E-state index contributed by atoms with van der Waals surface area (Å²) in [6.07, 6.45) is 2.65. The molecular weight excluding hydrogens is 677 g/mol. The van der Waals surface area contributed by atoms with E-state index in [1.54, 1.807) is 24.3 Å². The first kappa shape index (κ1) is 35.4. The summed E-state index contributed by atoms with van der Waals surface area (Å²) in [6.45, 7) is 2.60. The summed E-state index contributed by atoms with van der Waals surface area (Å²) in [5.74, 6) is 0.374. The number of benzene rings is 2. The molecule has 5 rings (SSSR count). The van der Waals surface area contributed by atoms with E-state index in [0.717, 1.165) is 30.0 Å². The number of nitrogens with one attached hydrogen (secondary N) is 1. The van der Waals surface area contributed by atoms with Crippen LogP contribution in [-0.2, 0) is 27.2 Å². The molecule has 3 atom stereocenters. The van der Waals surface area contributed by atoms with Gasteiger partial charge in [0.05, 0.1) is 20.8 Å². The van der Waals surface area contributed by atoms with E-state index in [1.807, 2.05) is 36.4 Å². The minimum atomic E-state index is -0.838. The van der Waals surface area contributed by atoms with Crippen LogP contribution >= 0.6 is 34.5 Å². The molecule has 2 aromatic carbocycles. The molecule has 1 aliphatic rings. The molecule has 0 amide bonds. The third-order valence-electron chi connectivity index (χ3n) is 8.14. The van der Waals surface area contributed by atoms with Gasteiger partial charge in [-0.2, -0.15) is 4.73 Å². The lowest BCUT2D eigenvalue weighted by Crippen LogP contribution is -2.31. The third kappa shape index (κ3) is 8.97. The molecule has 254 valence electrons. The van der Waals surface area contributed by atoms with Crippen LogP contribution < -0.4 is 19.5 Å². The zero-order valence-electron chi connectivity index (χ0n) is 26.8. The van der Waals surface area contributed by atoms with Gasteiger partial charge in [-0.05, 0) is 55.4 Å². The first-order valence-electron chi connectivity index (χ1n) is 15.4. The summed E-state index contributed by atoms with van der Waals surface area (Å²) in [6, 6.07) is 17.4. The van der Waals surface area contributed by atoms with Gasteiger partial charge in [-0.3, -0.25) is 5.32 Å². The molecule has 10 nitrogen and oxygen atoms in total. The molecule has 1 saturated heterocycles. The summed E-state index contributed by atoms with van der Waals surface area (Å²) < 4.78 is 23.2. The van der Waals surface area contributed by atoms with Crippen LogP contribution in [0.25, 0.3) is 0 Å². The van der Waals surface area contributed by atoms with E-state index in [1.165, 1.54) is 38.0 Å². The lowest BCUT2D eigenvalue weighted by Gasteiger charge is -2.20. The number of likely N-dealkylation sites (tertiary alicyclic amines) is 1. The number of pyridine rings is 1. The smallest absolute Gasteiger partial charge is 0.348 e. The van der Waals surface area contributed by atoms with Gasteiger partial charge in [0.2, 0.25) is 0 Å². The molecule has 1 aliphatic heterocycles. The number of carbonyl (C=O) groups excluding carboxylic acids is 2. The highest BCUT2D eigenvalue weighted by Gasteiger charge is 2.27. The number of carbonyl (C=O) groups is 2. The van der Waals surface area contributed by atoms with Crippen molar-refractivity contribution in [2.24, 2.45) is 5.92 Å². The molecule has 0 saturated carbocycles. The van der Waals surface area contributed by atoms with Crippen LogP contribution in [0.5, 0.6) is 11.5 Å². The fraction of sp³-hybridized carbons (Fsp3) is 0.343. The number of rotatable bonds is 14. The van der Waals surface area contributed by atoms with Gasteiger partial charge in [0, 0.05) is 35.9 Å². The van der Waals surface area contributed by atoms with Gasteiger partial charge in [0.15, 0.2) is 23.9 Å². The van der Waals surface area contributed by atoms with Crippen molar-refractivity contribution in [1.29, 1.82) is 0 Å². The van der Waals surface area contributed by atoms with E-state index < -0.39 is 18.1 Å². The average molecular weight is 715 g/mol. The Morgan fingerprint density at radius 3 is 2.42 bits per heavy atom. The van der Waals surface area contributed by atoms with Crippen LogP contribution in [0, 0.1) is 11.1 Å². The van der Waals surface area contributed by atoms with Gasteiger partial charge in [0.25, 0.3) is 0 Å². The SMILES string of the molecule is COc1ccc(C(Cc2c(Cl)c[n+]([O-])cc2Cl)OC(=O)c2ccc(CNC(C(=O)OC[C@@H]3CCN(C)C3)c3ccccc3)s2)cc1OC. The first-order valence-corrected chi connectivity index (χ1v) is 16.9. The van der Waals surface area contributed by atoms with E-state index in [2.05, 4.69) is 17.3 Å². The summed E-state index contributed by atoms with van der Waals surface area (Å²) in [5, 5.41) is 15.5. The molecule has 2 aromatic heterocycles. The number of esters is 2. The first-order chi connectivity index (χ1) is 23.1. The minimum absolute atomic E-state index is 0.0948. The maximum atomic E-state index is 13.5. The predicted octanol–water partition coefficient (Wildman–Crippen LogP) is 6.17. The molecule has 3 heterocycles. The minimum Gasteiger partial charge on any atom is -0.619 e. The number of hydrogen-bond donors (Lipinski definition) is 1. The predicted molar refractivity (Wildman–Crippen MR) is 184 cm³/mol. The second kappa shape index (κ2) is 16.5. The molecule has 2 unspecified atom stereocenters. The number of thiophene rings is 1.